The predicted octanol–water partition coefficient (Wildman–Crippen LogP) is 3.90. The number of hydrogen-bond acceptors (Lipinski definition) is 1. The number of alkyl halides is 1. The van der Waals surface area contributed by atoms with E-state index in [1.165, 1.54) is 22.1 Å². The summed E-state index contributed by atoms with van der Waals surface area (Å²) in [5.41, 5.74) is 5.82. The van der Waals surface area contributed by atoms with Gasteiger partial charge in [-0.1, -0.05) is 12.1 Å². The largest absolute Gasteiger partial charge is 0.253 e. The lowest BCUT2D eigenvalue weighted by Crippen LogP contribution is -1.93. The molecule has 0 fully saturated rings. The molecule has 0 aliphatic heterocycles. The first-order valence-corrected chi connectivity index (χ1v) is 5.59. The van der Waals surface area contributed by atoms with Crippen LogP contribution in [-0.4, -0.2) is 4.98 Å². The van der Waals surface area contributed by atoms with Crippen molar-refractivity contribution in [3.63, 3.8) is 0 Å². The van der Waals surface area contributed by atoms with Crippen molar-refractivity contribution in [2.75, 3.05) is 0 Å². The first-order chi connectivity index (χ1) is 7.13. The van der Waals surface area contributed by atoms with E-state index in [1.807, 2.05) is 6.92 Å². The van der Waals surface area contributed by atoms with E-state index in [0.717, 1.165) is 11.2 Å². The number of aromatic nitrogens is 1. The van der Waals surface area contributed by atoms with E-state index in [0.29, 0.717) is 5.88 Å². The predicted molar refractivity (Wildman–Crippen MR) is 65.5 cm³/mol. The van der Waals surface area contributed by atoms with E-state index in [9.17, 15) is 0 Å². The third kappa shape index (κ3) is 1.72. The van der Waals surface area contributed by atoms with Gasteiger partial charge in [0.25, 0.3) is 0 Å². The molecular weight excluding hydrogens is 206 g/mol. The van der Waals surface area contributed by atoms with Gasteiger partial charge in [-0.2, -0.15) is 0 Å². The second kappa shape index (κ2) is 3.82. The Labute approximate surface area is 95.1 Å². The number of benzene rings is 1. The molecule has 0 saturated heterocycles. The molecule has 0 radical (unpaired) electrons. The Kier molecular flexibility index (Phi) is 2.66. The quantitative estimate of drug-likeness (QED) is 0.663. The van der Waals surface area contributed by atoms with Crippen LogP contribution >= 0.6 is 11.6 Å². The molecule has 2 aromatic rings. The Morgan fingerprint density at radius 3 is 2.60 bits per heavy atom. The molecule has 1 aromatic carbocycles. The summed E-state index contributed by atoms with van der Waals surface area (Å²) in [4.78, 5) is 4.59. The van der Waals surface area contributed by atoms with Crippen LogP contribution in [0.15, 0.2) is 18.2 Å². The fraction of sp³-hybridized carbons (Fsp3) is 0.308. The van der Waals surface area contributed by atoms with Gasteiger partial charge in [-0.25, -0.2) is 0 Å². The first-order valence-electron chi connectivity index (χ1n) is 5.06. The molecule has 0 aliphatic rings. The van der Waals surface area contributed by atoms with Crippen molar-refractivity contribution in [2.24, 2.45) is 0 Å². The lowest BCUT2D eigenvalue weighted by atomic mass is 10.0. The van der Waals surface area contributed by atoms with Crippen LogP contribution in [0.3, 0.4) is 0 Å². The van der Waals surface area contributed by atoms with Gasteiger partial charge in [0, 0.05) is 17.0 Å². The van der Waals surface area contributed by atoms with Crippen LogP contribution in [-0.2, 0) is 5.88 Å². The summed E-state index contributed by atoms with van der Waals surface area (Å²) in [6, 6.07) is 6.30. The molecular formula is C13H14ClN. The maximum absolute atomic E-state index is 5.94. The third-order valence-corrected chi connectivity index (χ3v) is 3.15. The molecule has 0 bridgehead atoms. The maximum atomic E-state index is 5.94. The summed E-state index contributed by atoms with van der Waals surface area (Å²) < 4.78 is 0. The molecule has 2 heteroatoms. The number of rotatable bonds is 1. The summed E-state index contributed by atoms with van der Waals surface area (Å²) in [5.74, 6) is 0.544. The molecule has 0 atom stereocenters. The SMILES string of the molecule is Cc1cc(CCl)c2ccc(C)c(C)c2n1. The van der Waals surface area contributed by atoms with E-state index in [1.54, 1.807) is 0 Å². The topological polar surface area (TPSA) is 12.9 Å². The Hall–Kier alpha value is -1.08. The summed E-state index contributed by atoms with van der Waals surface area (Å²) in [5, 5.41) is 1.18. The average molecular weight is 220 g/mol. The Bertz CT molecular complexity index is 517. The zero-order valence-electron chi connectivity index (χ0n) is 9.26. The van der Waals surface area contributed by atoms with Crippen LogP contribution in [0.2, 0.25) is 0 Å². The smallest absolute Gasteiger partial charge is 0.0740 e. The van der Waals surface area contributed by atoms with Crippen molar-refractivity contribution in [3.8, 4) is 0 Å². The van der Waals surface area contributed by atoms with E-state index >= 15 is 0 Å². The van der Waals surface area contributed by atoms with Crippen LogP contribution in [0, 0.1) is 20.8 Å². The van der Waals surface area contributed by atoms with E-state index in [4.69, 9.17) is 11.6 Å². The highest BCUT2D eigenvalue weighted by molar-refractivity contribution is 6.18. The number of fused-ring (bicyclic) bond motifs is 1. The van der Waals surface area contributed by atoms with E-state index in [2.05, 4.69) is 37.0 Å². The van der Waals surface area contributed by atoms with Crippen molar-refractivity contribution in [1.82, 2.24) is 4.98 Å². The van der Waals surface area contributed by atoms with Crippen molar-refractivity contribution >= 4 is 22.5 Å². The number of hydrogen-bond donors (Lipinski definition) is 0. The Morgan fingerprint density at radius 2 is 1.93 bits per heavy atom. The molecule has 15 heavy (non-hydrogen) atoms. The lowest BCUT2D eigenvalue weighted by Gasteiger charge is -2.09. The Morgan fingerprint density at radius 1 is 1.20 bits per heavy atom. The van der Waals surface area contributed by atoms with Crippen LogP contribution in [0.25, 0.3) is 10.9 Å². The Balaban J connectivity index is 2.89. The van der Waals surface area contributed by atoms with Gasteiger partial charge in [0.2, 0.25) is 0 Å². The van der Waals surface area contributed by atoms with Crippen molar-refractivity contribution < 1.29 is 0 Å². The molecule has 0 aliphatic carbocycles. The van der Waals surface area contributed by atoms with Crippen LogP contribution in [0.4, 0.5) is 0 Å². The van der Waals surface area contributed by atoms with Crippen LogP contribution < -0.4 is 0 Å². The highest BCUT2D eigenvalue weighted by atomic mass is 35.5. The fourth-order valence-corrected chi connectivity index (χ4v) is 2.07. The van der Waals surface area contributed by atoms with Crippen molar-refractivity contribution in [2.45, 2.75) is 26.7 Å². The molecule has 78 valence electrons. The summed E-state index contributed by atoms with van der Waals surface area (Å²) in [7, 11) is 0. The maximum Gasteiger partial charge on any atom is 0.0740 e. The molecule has 0 unspecified atom stereocenters. The standard InChI is InChI=1S/C13H14ClN/c1-8-4-5-12-11(7-14)6-9(2)15-13(12)10(8)3/h4-6H,7H2,1-3H3. The van der Waals surface area contributed by atoms with Gasteiger partial charge in [-0.15, -0.1) is 11.6 Å². The average Bonchev–Trinajstić information content (AvgIpc) is 2.23. The molecule has 0 saturated carbocycles. The van der Waals surface area contributed by atoms with Gasteiger partial charge in [0.05, 0.1) is 5.52 Å². The van der Waals surface area contributed by atoms with E-state index in [-0.39, 0.29) is 0 Å². The van der Waals surface area contributed by atoms with Gasteiger partial charge in [0.15, 0.2) is 0 Å². The minimum atomic E-state index is 0.544. The summed E-state index contributed by atoms with van der Waals surface area (Å²) >= 11 is 5.94. The van der Waals surface area contributed by atoms with Gasteiger partial charge in [-0.3, -0.25) is 4.98 Å². The fourth-order valence-electron chi connectivity index (χ4n) is 1.85. The number of nitrogens with zero attached hydrogens (tertiary/aromatic N) is 1. The number of aryl methyl sites for hydroxylation is 3. The molecule has 1 aromatic heterocycles. The number of halogens is 1. The second-order valence-corrected chi connectivity index (χ2v) is 4.23. The molecule has 0 amide bonds. The molecule has 0 spiro atoms. The summed E-state index contributed by atoms with van der Waals surface area (Å²) in [6.45, 7) is 6.23. The molecule has 1 nitrogen and oxygen atoms in total. The normalized spacial score (nSPS) is 10.9. The van der Waals surface area contributed by atoms with Crippen LogP contribution in [0.5, 0.6) is 0 Å². The molecule has 1 heterocycles. The van der Waals surface area contributed by atoms with Gasteiger partial charge in [0.1, 0.15) is 0 Å². The first kappa shape index (κ1) is 10.4. The third-order valence-electron chi connectivity index (χ3n) is 2.86. The van der Waals surface area contributed by atoms with Gasteiger partial charge in [-0.05, 0) is 43.5 Å². The molecule has 0 N–H and O–H groups in total. The second-order valence-electron chi connectivity index (χ2n) is 3.96. The monoisotopic (exact) mass is 219 g/mol. The van der Waals surface area contributed by atoms with E-state index < -0.39 is 0 Å². The number of pyridine rings is 1. The minimum Gasteiger partial charge on any atom is -0.253 e. The highest BCUT2D eigenvalue weighted by Crippen LogP contribution is 2.24. The lowest BCUT2D eigenvalue weighted by molar-refractivity contribution is 1.20. The highest BCUT2D eigenvalue weighted by Gasteiger charge is 2.06. The van der Waals surface area contributed by atoms with Crippen LogP contribution in [0.1, 0.15) is 22.4 Å². The minimum absolute atomic E-state index is 0.544. The van der Waals surface area contributed by atoms with Crippen molar-refractivity contribution in [1.29, 1.82) is 0 Å². The van der Waals surface area contributed by atoms with Gasteiger partial charge < -0.3 is 0 Å². The molecule has 2 rings (SSSR count). The summed E-state index contributed by atoms with van der Waals surface area (Å²) in [6.07, 6.45) is 0. The van der Waals surface area contributed by atoms with Gasteiger partial charge >= 0.3 is 0 Å². The zero-order valence-corrected chi connectivity index (χ0v) is 10.0. The zero-order chi connectivity index (χ0) is 11.0. The van der Waals surface area contributed by atoms with Crippen molar-refractivity contribution in [3.05, 3.63) is 40.6 Å².